The first kappa shape index (κ1) is 19.9. The highest BCUT2D eigenvalue weighted by molar-refractivity contribution is 6.11. The zero-order valence-corrected chi connectivity index (χ0v) is 16.0. The molecule has 4 atom stereocenters. The SMILES string of the molecule is CC(C)C(C)(C)NC1(N[C@@H]2CC[C@@H](C)[C@H](O)C2)N=CC(C(N)=O)=CN1. The topological polar surface area (TPSA) is 112 Å². The van der Waals surface area contributed by atoms with Gasteiger partial charge in [0, 0.05) is 24.0 Å². The summed E-state index contributed by atoms with van der Waals surface area (Å²) >= 11 is 0. The molecule has 1 aliphatic carbocycles. The lowest BCUT2D eigenvalue weighted by atomic mass is 9.84. The Morgan fingerprint density at radius 1 is 1.48 bits per heavy atom. The number of hydrogen-bond donors (Lipinski definition) is 5. The van der Waals surface area contributed by atoms with Crippen LogP contribution in [0.4, 0.5) is 0 Å². The van der Waals surface area contributed by atoms with Crippen LogP contribution < -0.4 is 21.7 Å². The zero-order chi connectivity index (χ0) is 18.8. The molecular weight excluding hydrogens is 318 g/mol. The fourth-order valence-corrected chi connectivity index (χ4v) is 3.08. The summed E-state index contributed by atoms with van der Waals surface area (Å²) in [5, 5.41) is 20.4. The number of carbonyl (C=O) groups excluding carboxylic acids is 1. The fraction of sp³-hybridized carbons (Fsp3) is 0.778. The van der Waals surface area contributed by atoms with Gasteiger partial charge in [-0.2, -0.15) is 0 Å². The van der Waals surface area contributed by atoms with Crippen molar-refractivity contribution in [1.82, 2.24) is 16.0 Å². The summed E-state index contributed by atoms with van der Waals surface area (Å²) in [6.45, 7) is 10.6. The van der Waals surface area contributed by atoms with Crippen molar-refractivity contribution >= 4 is 12.1 Å². The van der Waals surface area contributed by atoms with E-state index >= 15 is 0 Å². The van der Waals surface area contributed by atoms with Crippen LogP contribution in [0.1, 0.15) is 53.9 Å². The Balaban J connectivity index is 2.19. The van der Waals surface area contributed by atoms with Crippen LogP contribution in [0.15, 0.2) is 16.8 Å². The highest BCUT2D eigenvalue weighted by atomic mass is 16.3. The minimum absolute atomic E-state index is 0.120. The van der Waals surface area contributed by atoms with Gasteiger partial charge in [-0.1, -0.05) is 20.8 Å². The molecule has 0 radical (unpaired) electrons. The molecule has 0 spiro atoms. The predicted molar refractivity (Wildman–Crippen MR) is 99.6 cm³/mol. The van der Waals surface area contributed by atoms with Gasteiger partial charge >= 0.3 is 0 Å². The third kappa shape index (κ3) is 4.80. The second kappa shape index (κ2) is 7.43. The third-order valence-corrected chi connectivity index (χ3v) is 5.63. The summed E-state index contributed by atoms with van der Waals surface area (Å²) in [5.41, 5.74) is 5.46. The van der Waals surface area contributed by atoms with Gasteiger partial charge in [-0.25, -0.2) is 4.99 Å². The smallest absolute Gasteiger partial charge is 0.251 e. The molecule has 1 heterocycles. The van der Waals surface area contributed by atoms with Crippen LogP contribution in [0.5, 0.6) is 0 Å². The standard InChI is InChI=1S/C18H33N5O2/c1-11(2)17(4,5)23-18(20-9-13(10-21-18)16(19)25)22-14-7-6-12(3)15(24)8-14/h9-12,14-15,20,22-24H,6-8H2,1-5H3,(H2,19,25)/t12-,14-,15-,18?/m1/s1. The summed E-state index contributed by atoms with van der Waals surface area (Å²) in [4.78, 5) is 15.9. The third-order valence-electron chi connectivity index (χ3n) is 5.63. The lowest BCUT2D eigenvalue weighted by Gasteiger charge is -2.45. The van der Waals surface area contributed by atoms with E-state index in [1.165, 1.54) is 6.21 Å². The average Bonchev–Trinajstić information content (AvgIpc) is 2.51. The molecule has 25 heavy (non-hydrogen) atoms. The molecule has 1 aliphatic heterocycles. The van der Waals surface area contributed by atoms with Crippen molar-refractivity contribution in [2.24, 2.45) is 22.6 Å². The lowest BCUT2D eigenvalue weighted by Crippen LogP contribution is -2.72. The molecule has 0 aromatic carbocycles. The Labute approximate surface area is 150 Å². The summed E-state index contributed by atoms with van der Waals surface area (Å²) in [7, 11) is 0. The number of nitrogens with one attached hydrogen (secondary N) is 3. The molecule has 0 saturated heterocycles. The molecule has 0 aromatic rings. The van der Waals surface area contributed by atoms with Gasteiger partial charge < -0.3 is 16.2 Å². The van der Waals surface area contributed by atoms with Gasteiger partial charge in [0.2, 0.25) is 5.91 Å². The summed E-state index contributed by atoms with van der Waals surface area (Å²) in [6, 6.07) is 0.120. The molecule has 2 aliphatic rings. The van der Waals surface area contributed by atoms with Crippen molar-refractivity contribution in [3.05, 3.63) is 11.8 Å². The zero-order valence-electron chi connectivity index (χ0n) is 16.0. The molecule has 0 aromatic heterocycles. The van der Waals surface area contributed by atoms with Gasteiger partial charge in [0.15, 0.2) is 0 Å². The molecular formula is C18H33N5O2. The molecule has 7 nitrogen and oxygen atoms in total. The highest BCUT2D eigenvalue weighted by Crippen LogP contribution is 2.27. The quantitative estimate of drug-likeness (QED) is 0.455. The number of nitrogens with zero attached hydrogens (tertiary/aromatic N) is 1. The monoisotopic (exact) mass is 351 g/mol. The van der Waals surface area contributed by atoms with Gasteiger partial charge in [-0.05, 0) is 44.9 Å². The summed E-state index contributed by atoms with van der Waals surface area (Å²) in [6.07, 6.45) is 5.38. The van der Waals surface area contributed by atoms with Crippen molar-refractivity contribution in [1.29, 1.82) is 0 Å². The normalized spacial score (nSPS) is 33.1. The summed E-state index contributed by atoms with van der Waals surface area (Å²) < 4.78 is 0. The molecule has 1 amide bonds. The number of amides is 1. The number of nitrogens with two attached hydrogens (primary N) is 1. The van der Waals surface area contributed by atoms with E-state index in [9.17, 15) is 9.90 Å². The number of primary amides is 1. The number of rotatable bonds is 6. The molecule has 142 valence electrons. The number of hydrogen-bond acceptors (Lipinski definition) is 6. The molecule has 2 rings (SSSR count). The Morgan fingerprint density at radius 3 is 2.64 bits per heavy atom. The van der Waals surface area contributed by atoms with E-state index in [1.54, 1.807) is 6.20 Å². The van der Waals surface area contributed by atoms with E-state index in [0.29, 0.717) is 23.8 Å². The van der Waals surface area contributed by atoms with Gasteiger partial charge in [-0.3, -0.25) is 15.4 Å². The highest BCUT2D eigenvalue weighted by Gasteiger charge is 2.40. The van der Waals surface area contributed by atoms with Crippen LogP contribution in [-0.4, -0.2) is 40.8 Å². The molecule has 1 fully saturated rings. The average molecular weight is 351 g/mol. The van der Waals surface area contributed by atoms with E-state index < -0.39 is 11.8 Å². The van der Waals surface area contributed by atoms with Crippen LogP contribution in [0, 0.1) is 11.8 Å². The number of aliphatic imine (C=N–C) groups is 1. The Hall–Kier alpha value is -1.44. The maximum absolute atomic E-state index is 11.4. The van der Waals surface area contributed by atoms with E-state index in [1.807, 2.05) is 0 Å². The minimum Gasteiger partial charge on any atom is -0.393 e. The predicted octanol–water partition coefficient (Wildman–Crippen LogP) is 0.804. The largest absolute Gasteiger partial charge is 0.393 e. The first-order valence-corrected chi connectivity index (χ1v) is 9.12. The van der Waals surface area contributed by atoms with Crippen molar-refractivity contribution in [2.45, 2.75) is 77.5 Å². The van der Waals surface area contributed by atoms with Crippen LogP contribution in [-0.2, 0) is 4.79 Å². The maximum atomic E-state index is 11.4. The summed E-state index contributed by atoms with van der Waals surface area (Å²) in [5.74, 6) is -0.771. The van der Waals surface area contributed by atoms with Gasteiger partial charge in [0.25, 0.3) is 5.91 Å². The van der Waals surface area contributed by atoms with E-state index in [0.717, 1.165) is 12.8 Å². The van der Waals surface area contributed by atoms with Gasteiger partial charge in [0.05, 0.1) is 11.7 Å². The first-order valence-electron chi connectivity index (χ1n) is 9.12. The second-order valence-electron chi connectivity index (χ2n) is 8.28. The van der Waals surface area contributed by atoms with Crippen molar-refractivity contribution in [2.75, 3.05) is 0 Å². The second-order valence-corrected chi connectivity index (χ2v) is 8.28. The lowest BCUT2D eigenvalue weighted by molar-refractivity contribution is -0.114. The van der Waals surface area contributed by atoms with Crippen LogP contribution in [0.3, 0.4) is 0 Å². The first-order chi connectivity index (χ1) is 11.5. The maximum Gasteiger partial charge on any atom is 0.251 e. The number of aliphatic hydroxyl groups excluding tert-OH is 1. The molecule has 6 N–H and O–H groups in total. The Morgan fingerprint density at radius 2 is 2.16 bits per heavy atom. The van der Waals surface area contributed by atoms with E-state index in [2.05, 4.69) is 55.6 Å². The molecule has 7 heteroatoms. The minimum atomic E-state index is -0.933. The molecule has 1 unspecified atom stereocenters. The van der Waals surface area contributed by atoms with Crippen molar-refractivity contribution in [3.8, 4) is 0 Å². The van der Waals surface area contributed by atoms with Crippen LogP contribution >= 0.6 is 0 Å². The van der Waals surface area contributed by atoms with Gasteiger partial charge in [-0.15, -0.1) is 0 Å². The fourth-order valence-electron chi connectivity index (χ4n) is 3.08. The van der Waals surface area contributed by atoms with Crippen LogP contribution in [0.25, 0.3) is 0 Å². The van der Waals surface area contributed by atoms with Crippen molar-refractivity contribution in [3.63, 3.8) is 0 Å². The van der Waals surface area contributed by atoms with E-state index in [4.69, 9.17) is 5.73 Å². The van der Waals surface area contributed by atoms with E-state index in [-0.39, 0.29) is 17.7 Å². The van der Waals surface area contributed by atoms with Gasteiger partial charge in [0.1, 0.15) is 0 Å². The van der Waals surface area contributed by atoms with Crippen molar-refractivity contribution < 1.29 is 9.90 Å². The Bertz CT molecular complexity index is 558. The number of aliphatic hydroxyl groups is 1. The van der Waals surface area contributed by atoms with Crippen LogP contribution in [0.2, 0.25) is 0 Å². The Kier molecular flexibility index (Phi) is 5.91. The molecule has 0 bridgehead atoms. The molecule has 1 saturated carbocycles. The number of carbonyl (C=O) groups is 1.